The van der Waals surface area contributed by atoms with E-state index in [-0.39, 0.29) is 11.7 Å². The summed E-state index contributed by atoms with van der Waals surface area (Å²) in [6, 6.07) is 6.43. The fourth-order valence-electron chi connectivity index (χ4n) is 3.99. The minimum Gasteiger partial charge on any atom is -0.496 e. The van der Waals surface area contributed by atoms with Crippen LogP contribution in [0.1, 0.15) is 48.1 Å². The standard InChI is InChI=1S/C21H25FN2O2/c1-14-12-23-18(15(2)19(14)26-3)13-24-20(25)21(9-4-5-10-21)16-7-6-8-17(22)11-16/h6-8,11-12H,4-5,9-10,13H2,1-3H3,(H,24,25). The second-order valence-electron chi connectivity index (χ2n) is 7.03. The van der Waals surface area contributed by atoms with Gasteiger partial charge < -0.3 is 10.1 Å². The van der Waals surface area contributed by atoms with Gasteiger partial charge in [-0.2, -0.15) is 0 Å². The van der Waals surface area contributed by atoms with Gasteiger partial charge in [-0.25, -0.2) is 4.39 Å². The first-order chi connectivity index (χ1) is 12.5. The van der Waals surface area contributed by atoms with Crippen LogP contribution in [0, 0.1) is 19.7 Å². The third-order valence-corrected chi connectivity index (χ3v) is 5.44. The van der Waals surface area contributed by atoms with Crippen LogP contribution in [-0.2, 0) is 16.8 Å². The number of nitrogens with zero attached hydrogens (tertiary/aromatic N) is 1. The first kappa shape index (κ1) is 18.4. The predicted octanol–water partition coefficient (Wildman–Crippen LogP) is 3.97. The Morgan fingerprint density at radius 1 is 1.31 bits per heavy atom. The van der Waals surface area contributed by atoms with Crippen molar-refractivity contribution in [2.75, 3.05) is 7.11 Å². The van der Waals surface area contributed by atoms with Gasteiger partial charge in [0.1, 0.15) is 11.6 Å². The second-order valence-corrected chi connectivity index (χ2v) is 7.03. The summed E-state index contributed by atoms with van der Waals surface area (Å²) in [4.78, 5) is 17.5. The van der Waals surface area contributed by atoms with Gasteiger partial charge >= 0.3 is 0 Å². The van der Waals surface area contributed by atoms with Gasteiger partial charge in [0.2, 0.25) is 5.91 Å². The lowest BCUT2D eigenvalue weighted by Crippen LogP contribution is -2.42. The molecule has 1 aromatic heterocycles. The third kappa shape index (κ3) is 3.30. The second kappa shape index (κ2) is 7.44. The van der Waals surface area contributed by atoms with Crippen molar-refractivity contribution in [2.45, 2.75) is 51.5 Å². The number of carbonyl (C=O) groups is 1. The van der Waals surface area contributed by atoms with Crippen molar-refractivity contribution in [3.8, 4) is 5.75 Å². The van der Waals surface area contributed by atoms with Crippen LogP contribution in [0.3, 0.4) is 0 Å². The summed E-state index contributed by atoms with van der Waals surface area (Å²) in [5, 5.41) is 3.03. The molecule has 0 spiro atoms. The monoisotopic (exact) mass is 356 g/mol. The fraction of sp³-hybridized carbons (Fsp3) is 0.429. The number of pyridine rings is 1. The molecule has 1 N–H and O–H groups in total. The van der Waals surface area contributed by atoms with Crippen molar-refractivity contribution in [3.05, 3.63) is 58.7 Å². The van der Waals surface area contributed by atoms with Crippen molar-refractivity contribution < 1.29 is 13.9 Å². The molecule has 1 aromatic carbocycles. The zero-order chi connectivity index (χ0) is 18.7. The molecule has 1 aliphatic rings. The van der Waals surface area contributed by atoms with Gasteiger partial charge in [0.05, 0.1) is 24.8 Å². The lowest BCUT2D eigenvalue weighted by molar-refractivity contribution is -0.126. The molecular weight excluding hydrogens is 331 g/mol. The molecule has 4 nitrogen and oxygen atoms in total. The van der Waals surface area contributed by atoms with E-state index in [9.17, 15) is 9.18 Å². The van der Waals surface area contributed by atoms with Crippen molar-refractivity contribution in [2.24, 2.45) is 0 Å². The van der Waals surface area contributed by atoms with Gasteiger partial charge in [0.25, 0.3) is 0 Å². The van der Waals surface area contributed by atoms with E-state index < -0.39 is 5.41 Å². The summed E-state index contributed by atoms with van der Waals surface area (Å²) < 4.78 is 19.2. The Bertz CT molecular complexity index is 814. The summed E-state index contributed by atoms with van der Waals surface area (Å²) in [6.45, 7) is 4.22. The highest BCUT2D eigenvalue weighted by atomic mass is 19.1. The molecule has 0 atom stereocenters. The van der Waals surface area contributed by atoms with E-state index in [0.717, 1.165) is 53.8 Å². The van der Waals surface area contributed by atoms with Crippen LogP contribution in [0.2, 0.25) is 0 Å². The maximum Gasteiger partial charge on any atom is 0.230 e. The smallest absolute Gasteiger partial charge is 0.230 e. The van der Waals surface area contributed by atoms with E-state index in [0.29, 0.717) is 6.54 Å². The first-order valence-corrected chi connectivity index (χ1v) is 9.01. The number of halogens is 1. The van der Waals surface area contributed by atoms with Gasteiger partial charge in [0.15, 0.2) is 0 Å². The highest BCUT2D eigenvalue weighted by Gasteiger charge is 2.42. The Balaban J connectivity index is 1.82. The number of aromatic nitrogens is 1. The number of rotatable bonds is 5. The Morgan fingerprint density at radius 3 is 2.69 bits per heavy atom. The molecule has 0 saturated heterocycles. The van der Waals surface area contributed by atoms with Crippen LogP contribution in [0.5, 0.6) is 5.75 Å². The number of hydrogen-bond acceptors (Lipinski definition) is 3. The largest absolute Gasteiger partial charge is 0.496 e. The number of carbonyl (C=O) groups excluding carboxylic acids is 1. The quantitative estimate of drug-likeness (QED) is 0.882. The van der Waals surface area contributed by atoms with E-state index in [1.807, 2.05) is 19.9 Å². The first-order valence-electron chi connectivity index (χ1n) is 9.01. The lowest BCUT2D eigenvalue weighted by Gasteiger charge is -2.28. The van der Waals surface area contributed by atoms with Gasteiger partial charge in [-0.05, 0) is 44.4 Å². The van der Waals surface area contributed by atoms with Crippen LogP contribution >= 0.6 is 0 Å². The maximum absolute atomic E-state index is 13.7. The summed E-state index contributed by atoms with van der Waals surface area (Å²) >= 11 is 0. The zero-order valence-electron chi connectivity index (χ0n) is 15.6. The number of ether oxygens (including phenoxy) is 1. The van der Waals surface area contributed by atoms with Crippen LogP contribution < -0.4 is 10.1 Å². The van der Waals surface area contributed by atoms with Crippen molar-refractivity contribution in [3.63, 3.8) is 0 Å². The van der Waals surface area contributed by atoms with Crippen molar-refractivity contribution >= 4 is 5.91 Å². The van der Waals surface area contributed by atoms with Crippen molar-refractivity contribution in [1.82, 2.24) is 10.3 Å². The van der Waals surface area contributed by atoms with Crippen LogP contribution in [-0.4, -0.2) is 18.0 Å². The van der Waals surface area contributed by atoms with Crippen LogP contribution in [0.15, 0.2) is 30.5 Å². The molecule has 1 aliphatic carbocycles. The lowest BCUT2D eigenvalue weighted by atomic mass is 9.78. The Labute approximate surface area is 153 Å². The minimum atomic E-state index is -0.648. The molecule has 0 radical (unpaired) electrons. The average molecular weight is 356 g/mol. The maximum atomic E-state index is 13.7. The average Bonchev–Trinajstić information content (AvgIpc) is 3.12. The SMILES string of the molecule is COc1c(C)cnc(CNC(=O)C2(c3cccc(F)c3)CCCC2)c1C. The van der Waals surface area contributed by atoms with Gasteiger partial charge in [-0.1, -0.05) is 25.0 Å². The highest BCUT2D eigenvalue weighted by molar-refractivity contribution is 5.88. The van der Waals surface area contributed by atoms with Gasteiger partial charge in [-0.3, -0.25) is 9.78 Å². The highest BCUT2D eigenvalue weighted by Crippen LogP contribution is 2.41. The molecule has 1 fully saturated rings. The molecule has 1 heterocycles. The molecular formula is C21H25FN2O2. The topological polar surface area (TPSA) is 51.2 Å². The Morgan fingerprint density at radius 2 is 2.04 bits per heavy atom. The zero-order valence-corrected chi connectivity index (χ0v) is 15.6. The van der Waals surface area contributed by atoms with E-state index in [2.05, 4.69) is 10.3 Å². The summed E-state index contributed by atoms with van der Waals surface area (Å²) in [6.07, 6.45) is 5.18. The number of methoxy groups -OCH3 is 1. The summed E-state index contributed by atoms with van der Waals surface area (Å²) in [7, 11) is 1.63. The Hall–Kier alpha value is -2.43. The fourth-order valence-corrected chi connectivity index (χ4v) is 3.99. The molecule has 1 amide bonds. The molecule has 0 bridgehead atoms. The molecule has 0 unspecified atom stereocenters. The van der Waals surface area contributed by atoms with Gasteiger partial charge in [-0.15, -0.1) is 0 Å². The normalized spacial score (nSPS) is 15.7. The number of hydrogen-bond donors (Lipinski definition) is 1. The number of aryl methyl sites for hydroxylation is 1. The molecule has 5 heteroatoms. The molecule has 138 valence electrons. The van der Waals surface area contributed by atoms with Crippen LogP contribution in [0.25, 0.3) is 0 Å². The van der Waals surface area contributed by atoms with Crippen LogP contribution in [0.4, 0.5) is 4.39 Å². The van der Waals surface area contributed by atoms with Gasteiger partial charge in [0, 0.05) is 17.3 Å². The summed E-state index contributed by atoms with van der Waals surface area (Å²) in [5.74, 6) is 0.439. The number of benzene rings is 1. The van der Waals surface area contributed by atoms with E-state index >= 15 is 0 Å². The number of amides is 1. The minimum absolute atomic E-state index is 0.0543. The van der Waals surface area contributed by atoms with E-state index in [4.69, 9.17) is 4.74 Å². The molecule has 1 saturated carbocycles. The van der Waals surface area contributed by atoms with E-state index in [1.54, 1.807) is 19.4 Å². The predicted molar refractivity (Wildman–Crippen MR) is 98.7 cm³/mol. The Kier molecular flexibility index (Phi) is 5.25. The molecule has 2 aromatic rings. The van der Waals surface area contributed by atoms with E-state index in [1.165, 1.54) is 12.1 Å². The van der Waals surface area contributed by atoms with Crippen molar-refractivity contribution in [1.29, 1.82) is 0 Å². The number of nitrogens with one attached hydrogen (secondary N) is 1. The molecule has 26 heavy (non-hydrogen) atoms. The summed E-state index contributed by atoms with van der Waals surface area (Å²) in [5.41, 5.74) is 2.79. The molecule has 3 rings (SSSR count). The third-order valence-electron chi connectivity index (χ3n) is 5.44. The molecule has 0 aliphatic heterocycles.